The Hall–Kier alpha value is -3.34. The number of fused-ring (bicyclic) bond motifs is 1. The molecule has 5 nitrogen and oxygen atoms in total. The second-order valence-corrected chi connectivity index (χ2v) is 5.24. The first kappa shape index (κ1) is 14.3. The number of pyridine rings is 2. The molecular formula is C19H14N4O. The smallest absolute Gasteiger partial charge is 0.178 e. The predicted octanol–water partition coefficient (Wildman–Crippen LogP) is 3.67. The maximum atomic E-state index is 5.72. The Morgan fingerprint density at radius 1 is 0.792 bits per heavy atom. The van der Waals surface area contributed by atoms with Crippen LogP contribution in [-0.4, -0.2) is 19.9 Å². The molecule has 4 aromatic rings. The van der Waals surface area contributed by atoms with Crippen LogP contribution in [0.4, 0.5) is 0 Å². The molecule has 4 rings (SSSR count). The first-order chi connectivity index (χ1) is 11.9. The van der Waals surface area contributed by atoms with Crippen LogP contribution in [0.3, 0.4) is 0 Å². The highest BCUT2D eigenvalue weighted by atomic mass is 16.5. The van der Waals surface area contributed by atoms with Crippen LogP contribution in [0.25, 0.3) is 22.4 Å². The summed E-state index contributed by atoms with van der Waals surface area (Å²) in [6.07, 6.45) is 5.02. The summed E-state index contributed by atoms with van der Waals surface area (Å²) in [4.78, 5) is 17.4. The highest BCUT2D eigenvalue weighted by Gasteiger charge is 2.04. The molecular weight excluding hydrogens is 300 g/mol. The van der Waals surface area contributed by atoms with Gasteiger partial charge in [-0.1, -0.05) is 30.3 Å². The molecule has 3 heterocycles. The quantitative estimate of drug-likeness (QED) is 0.575. The molecule has 0 aliphatic rings. The van der Waals surface area contributed by atoms with Gasteiger partial charge in [0, 0.05) is 11.6 Å². The molecule has 3 aromatic heterocycles. The first-order valence-electron chi connectivity index (χ1n) is 7.59. The lowest BCUT2D eigenvalue weighted by atomic mass is 10.2. The lowest BCUT2D eigenvalue weighted by Crippen LogP contribution is -2.00. The molecule has 5 heteroatoms. The van der Waals surface area contributed by atoms with E-state index in [1.807, 2.05) is 54.6 Å². The number of ether oxygens (including phenoxy) is 1. The van der Waals surface area contributed by atoms with Crippen LogP contribution < -0.4 is 4.74 Å². The third-order valence-electron chi connectivity index (χ3n) is 3.56. The predicted molar refractivity (Wildman–Crippen MR) is 91.3 cm³/mol. The molecule has 0 fully saturated rings. The van der Waals surface area contributed by atoms with Crippen LogP contribution >= 0.6 is 0 Å². The van der Waals surface area contributed by atoms with Crippen LogP contribution in [0.2, 0.25) is 0 Å². The molecule has 116 valence electrons. The maximum Gasteiger partial charge on any atom is 0.178 e. The van der Waals surface area contributed by atoms with E-state index in [0.29, 0.717) is 18.2 Å². The van der Waals surface area contributed by atoms with Gasteiger partial charge in [-0.15, -0.1) is 0 Å². The Labute approximate surface area is 139 Å². The van der Waals surface area contributed by atoms with Gasteiger partial charge in [0.25, 0.3) is 0 Å². The van der Waals surface area contributed by atoms with Crippen molar-refractivity contribution in [3.05, 3.63) is 78.9 Å². The van der Waals surface area contributed by atoms with E-state index in [1.165, 1.54) is 0 Å². The highest BCUT2D eigenvalue weighted by Crippen LogP contribution is 2.16. The number of rotatable bonds is 4. The third-order valence-corrected chi connectivity index (χ3v) is 3.56. The van der Waals surface area contributed by atoms with Crippen molar-refractivity contribution in [2.24, 2.45) is 0 Å². The van der Waals surface area contributed by atoms with Gasteiger partial charge < -0.3 is 4.74 Å². The number of benzene rings is 1. The Kier molecular flexibility index (Phi) is 3.81. The standard InChI is InChI=1S/C19H14N4O/c1-2-6-17-14(5-1)8-9-15(23-17)13-24-16-11-21-19(22-12-16)18-7-3-4-10-20-18/h1-12H,13H2. The molecule has 0 bridgehead atoms. The van der Waals surface area contributed by atoms with Crippen molar-refractivity contribution in [2.45, 2.75) is 6.61 Å². The molecule has 24 heavy (non-hydrogen) atoms. The Morgan fingerprint density at radius 3 is 2.46 bits per heavy atom. The van der Waals surface area contributed by atoms with E-state index < -0.39 is 0 Å². The average Bonchev–Trinajstić information content (AvgIpc) is 2.67. The fourth-order valence-corrected chi connectivity index (χ4v) is 2.36. The van der Waals surface area contributed by atoms with Crippen LogP contribution in [0.5, 0.6) is 5.75 Å². The highest BCUT2D eigenvalue weighted by molar-refractivity contribution is 5.78. The zero-order chi connectivity index (χ0) is 16.2. The molecule has 0 saturated carbocycles. The summed E-state index contributed by atoms with van der Waals surface area (Å²) < 4.78 is 5.72. The van der Waals surface area contributed by atoms with Crippen LogP contribution in [0.15, 0.2) is 73.2 Å². The topological polar surface area (TPSA) is 60.8 Å². The lowest BCUT2D eigenvalue weighted by molar-refractivity contribution is 0.299. The van der Waals surface area contributed by atoms with E-state index in [-0.39, 0.29) is 0 Å². The van der Waals surface area contributed by atoms with Gasteiger partial charge in [-0.3, -0.25) is 4.98 Å². The average molecular weight is 314 g/mol. The molecule has 0 atom stereocenters. The van der Waals surface area contributed by atoms with Crippen molar-refractivity contribution >= 4 is 10.9 Å². The maximum absolute atomic E-state index is 5.72. The van der Waals surface area contributed by atoms with Crippen molar-refractivity contribution < 1.29 is 4.74 Å². The fraction of sp³-hybridized carbons (Fsp3) is 0.0526. The molecule has 0 radical (unpaired) electrons. The van der Waals surface area contributed by atoms with Gasteiger partial charge in [0.2, 0.25) is 0 Å². The lowest BCUT2D eigenvalue weighted by Gasteiger charge is -2.06. The molecule has 0 N–H and O–H groups in total. The van der Waals surface area contributed by atoms with Gasteiger partial charge in [-0.05, 0) is 24.3 Å². The van der Waals surface area contributed by atoms with Crippen molar-refractivity contribution in [2.75, 3.05) is 0 Å². The van der Waals surface area contributed by atoms with Gasteiger partial charge in [-0.2, -0.15) is 0 Å². The molecule has 0 saturated heterocycles. The van der Waals surface area contributed by atoms with Crippen molar-refractivity contribution in [3.63, 3.8) is 0 Å². The summed E-state index contributed by atoms with van der Waals surface area (Å²) in [7, 11) is 0. The number of nitrogens with zero attached hydrogens (tertiary/aromatic N) is 4. The van der Waals surface area contributed by atoms with Gasteiger partial charge >= 0.3 is 0 Å². The second-order valence-electron chi connectivity index (χ2n) is 5.24. The summed E-state index contributed by atoms with van der Waals surface area (Å²) in [5.74, 6) is 1.18. The van der Waals surface area contributed by atoms with Gasteiger partial charge in [-0.25, -0.2) is 15.0 Å². The monoisotopic (exact) mass is 314 g/mol. The summed E-state index contributed by atoms with van der Waals surface area (Å²) in [6.45, 7) is 0.372. The zero-order valence-electron chi connectivity index (χ0n) is 12.8. The van der Waals surface area contributed by atoms with Crippen LogP contribution in [0, 0.1) is 0 Å². The summed E-state index contributed by atoms with van der Waals surface area (Å²) in [5, 5.41) is 1.12. The molecule has 0 aliphatic carbocycles. The molecule has 0 spiro atoms. The molecule has 0 aliphatic heterocycles. The Morgan fingerprint density at radius 2 is 1.62 bits per heavy atom. The van der Waals surface area contributed by atoms with E-state index in [4.69, 9.17) is 4.74 Å². The SMILES string of the molecule is c1ccc(-c2ncc(OCc3ccc4ccccc4n3)cn2)nc1. The van der Waals surface area contributed by atoms with Gasteiger partial charge in [0.1, 0.15) is 12.3 Å². The molecule has 0 unspecified atom stereocenters. The second kappa shape index (κ2) is 6.42. The third kappa shape index (κ3) is 3.05. The number of hydrogen-bond donors (Lipinski definition) is 0. The zero-order valence-corrected chi connectivity index (χ0v) is 12.8. The van der Waals surface area contributed by atoms with E-state index in [0.717, 1.165) is 22.3 Å². The number of aromatic nitrogens is 4. The number of hydrogen-bond acceptors (Lipinski definition) is 5. The Bertz CT molecular complexity index is 956. The number of para-hydroxylation sites is 1. The summed E-state index contributed by atoms with van der Waals surface area (Å²) in [6, 6.07) is 17.6. The summed E-state index contributed by atoms with van der Waals surface area (Å²) >= 11 is 0. The first-order valence-corrected chi connectivity index (χ1v) is 7.59. The van der Waals surface area contributed by atoms with Crippen LogP contribution in [0.1, 0.15) is 5.69 Å². The Balaban J connectivity index is 1.47. The van der Waals surface area contributed by atoms with Crippen molar-refractivity contribution in [1.82, 2.24) is 19.9 Å². The minimum absolute atomic E-state index is 0.372. The minimum atomic E-state index is 0.372. The molecule has 0 amide bonds. The normalized spacial score (nSPS) is 10.7. The van der Waals surface area contributed by atoms with Crippen molar-refractivity contribution in [3.8, 4) is 17.3 Å². The van der Waals surface area contributed by atoms with Gasteiger partial charge in [0.15, 0.2) is 11.6 Å². The van der Waals surface area contributed by atoms with Crippen molar-refractivity contribution in [1.29, 1.82) is 0 Å². The van der Waals surface area contributed by atoms with Gasteiger partial charge in [0.05, 0.1) is 23.6 Å². The van der Waals surface area contributed by atoms with E-state index >= 15 is 0 Å². The molecule has 1 aromatic carbocycles. The summed E-state index contributed by atoms with van der Waals surface area (Å²) in [5.41, 5.74) is 2.56. The van der Waals surface area contributed by atoms with E-state index in [2.05, 4.69) is 19.9 Å². The largest absolute Gasteiger partial charge is 0.484 e. The van der Waals surface area contributed by atoms with Crippen LogP contribution in [-0.2, 0) is 6.61 Å². The minimum Gasteiger partial charge on any atom is -0.484 e. The van der Waals surface area contributed by atoms with E-state index in [9.17, 15) is 0 Å². The van der Waals surface area contributed by atoms with E-state index in [1.54, 1.807) is 18.6 Å². The fourth-order valence-electron chi connectivity index (χ4n) is 2.36.